The number of anilines is 1. The summed E-state index contributed by atoms with van der Waals surface area (Å²) in [4.78, 5) is 32.1. The largest absolute Gasteiger partial charge is 0.497 e. The molecule has 3 N–H and O–H groups in total. The van der Waals surface area contributed by atoms with Crippen LogP contribution in [0.2, 0.25) is 0 Å². The Hall–Kier alpha value is -4.66. The number of aromatic nitrogens is 2. The quantitative estimate of drug-likeness (QED) is 0.302. The first-order chi connectivity index (χ1) is 16.5. The second-order valence-electron chi connectivity index (χ2n) is 7.27. The van der Waals surface area contributed by atoms with Gasteiger partial charge in [0, 0.05) is 5.69 Å². The minimum Gasteiger partial charge on any atom is -0.497 e. The molecule has 0 spiro atoms. The highest BCUT2D eigenvalue weighted by Crippen LogP contribution is 2.21. The number of amidine groups is 1. The third kappa shape index (κ3) is 4.88. The molecule has 0 amide bonds. The van der Waals surface area contributed by atoms with Crippen LogP contribution in [0.15, 0.2) is 93.4 Å². The lowest BCUT2D eigenvalue weighted by Gasteiger charge is -2.15. The van der Waals surface area contributed by atoms with E-state index in [2.05, 4.69) is 15.3 Å². The second-order valence-corrected chi connectivity index (χ2v) is 7.27. The van der Waals surface area contributed by atoms with Crippen LogP contribution in [0.5, 0.6) is 11.6 Å². The van der Waals surface area contributed by atoms with Gasteiger partial charge in [-0.05, 0) is 54.1 Å². The van der Waals surface area contributed by atoms with Crippen molar-refractivity contribution in [2.24, 2.45) is 4.99 Å². The summed E-state index contributed by atoms with van der Waals surface area (Å²) >= 11 is 0. The summed E-state index contributed by atoms with van der Waals surface area (Å²) in [6, 6.07) is 21.1. The summed E-state index contributed by atoms with van der Waals surface area (Å²) < 4.78 is 19.4. The standard InChI is InChI=1S/C25H21FN4O4/c1-34-20-13-11-19(12-14-20)30-24(32)21(23(31)29-25(30)33)22(28-18-5-3-2-4-6-18)27-15-16-7-9-17(26)10-8-16/h2-14,32H,15H2,1H3,(H,27,28)(H,29,31,33). The third-order valence-corrected chi connectivity index (χ3v) is 5.02. The van der Waals surface area contributed by atoms with Gasteiger partial charge in [0.1, 0.15) is 23.0 Å². The molecule has 3 aromatic carbocycles. The lowest BCUT2D eigenvalue weighted by molar-refractivity contribution is 0.414. The Morgan fingerprint density at radius 1 is 1.03 bits per heavy atom. The number of benzene rings is 3. The zero-order valence-corrected chi connectivity index (χ0v) is 18.2. The van der Waals surface area contributed by atoms with Gasteiger partial charge in [0.2, 0.25) is 5.88 Å². The number of hydrogen-bond donors (Lipinski definition) is 3. The molecule has 0 saturated carbocycles. The van der Waals surface area contributed by atoms with Gasteiger partial charge in [-0.25, -0.2) is 13.8 Å². The molecular formula is C25H21FN4O4. The average molecular weight is 460 g/mol. The SMILES string of the molecule is COc1ccc(-n2c(O)c(C(=NCc3ccc(F)cc3)Nc3ccccc3)c(=O)[nH]c2=O)cc1. The van der Waals surface area contributed by atoms with E-state index in [1.54, 1.807) is 60.7 Å². The van der Waals surface area contributed by atoms with Gasteiger partial charge < -0.3 is 15.2 Å². The van der Waals surface area contributed by atoms with E-state index in [4.69, 9.17) is 4.74 Å². The van der Waals surface area contributed by atoms with E-state index in [9.17, 15) is 19.1 Å². The van der Waals surface area contributed by atoms with Crippen LogP contribution in [0.4, 0.5) is 10.1 Å². The molecule has 1 aromatic heterocycles. The number of nitrogens with zero attached hydrogens (tertiary/aromatic N) is 2. The summed E-state index contributed by atoms with van der Waals surface area (Å²) in [6.45, 7) is 0.0932. The minimum atomic E-state index is -0.812. The summed E-state index contributed by atoms with van der Waals surface area (Å²) in [7, 11) is 1.51. The first kappa shape index (κ1) is 22.5. The van der Waals surface area contributed by atoms with Gasteiger partial charge in [0.25, 0.3) is 5.56 Å². The highest BCUT2D eigenvalue weighted by atomic mass is 19.1. The van der Waals surface area contributed by atoms with Crippen LogP contribution in [-0.4, -0.2) is 27.6 Å². The number of methoxy groups -OCH3 is 1. The van der Waals surface area contributed by atoms with Crippen LogP contribution < -0.4 is 21.3 Å². The number of aromatic amines is 1. The highest BCUT2D eigenvalue weighted by molar-refractivity contribution is 6.09. The van der Waals surface area contributed by atoms with E-state index >= 15 is 0 Å². The van der Waals surface area contributed by atoms with Crippen molar-refractivity contribution in [3.05, 3.63) is 117 Å². The topological polar surface area (TPSA) is 109 Å². The average Bonchev–Trinajstić information content (AvgIpc) is 2.84. The lowest BCUT2D eigenvalue weighted by atomic mass is 10.2. The number of para-hydroxylation sites is 1. The Bertz CT molecular complexity index is 1430. The van der Waals surface area contributed by atoms with Crippen LogP contribution in [0.25, 0.3) is 5.69 Å². The maximum atomic E-state index is 13.3. The number of H-pyrrole nitrogens is 1. The Balaban J connectivity index is 1.84. The van der Waals surface area contributed by atoms with Crippen molar-refractivity contribution in [1.29, 1.82) is 0 Å². The summed E-state index contributed by atoms with van der Waals surface area (Å²) in [6.07, 6.45) is 0. The molecule has 4 rings (SSSR count). The Kier molecular flexibility index (Phi) is 6.54. The number of aromatic hydroxyl groups is 1. The van der Waals surface area contributed by atoms with Crippen molar-refractivity contribution in [1.82, 2.24) is 9.55 Å². The van der Waals surface area contributed by atoms with Crippen LogP contribution in [0.1, 0.15) is 11.1 Å². The van der Waals surface area contributed by atoms with Crippen molar-refractivity contribution < 1.29 is 14.2 Å². The molecule has 4 aromatic rings. The van der Waals surface area contributed by atoms with Gasteiger partial charge in [0.15, 0.2) is 0 Å². The van der Waals surface area contributed by atoms with E-state index in [1.165, 1.54) is 19.2 Å². The molecule has 0 bridgehead atoms. The van der Waals surface area contributed by atoms with Crippen LogP contribution >= 0.6 is 0 Å². The lowest BCUT2D eigenvalue weighted by Crippen LogP contribution is -2.35. The molecule has 172 valence electrons. The Morgan fingerprint density at radius 2 is 1.71 bits per heavy atom. The fraction of sp³-hybridized carbons (Fsp3) is 0.0800. The number of ether oxygens (including phenoxy) is 1. The Morgan fingerprint density at radius 3 is 2.35 bits per heavy atom. The number of nitrogens with one attached hydrogen (secondary N) is 2. The van der Waals surface area contributed by atoms with Gasteiger partial charge in [-0.15, -0.1) is 0 Å². The fourth-order valence-corrected chi connectivity index (χ4v) is 3.31. The number of hydrogen-bond acceptors (Lipinski definition) is 5. The van der Waals surface area contributed by atoms with Crippen LogP contribution in [0, 0.1) is 5.82 Å². The van der Waals surface area contributed by atoms with E-state index in [0.717, 1.165) is 4.57 Å². The van der Waals surface area contributed by atoms with Crippen molar-refractivity contribution in [3.8, 4) is 17.3 Å². The normalized spacial score (nSPS) is 11.3. The zero-order valence-electron chi connectivity index (χ0n) is 18.2. The van der Waals surface area contributed by atoms with Gasteiger partial charge in [-0.3, -0.25) is 14.8 Å². The van der Waals surface area contributed by atoms with E-state index in [1.807, 2.05) is 6.07 Å². The molecule has 0 radical (unpaired) electrons. The minimum absolute atomic E-state index is 0.0385. The molecule has 0 aliphatic rings. The molecule has 0 unspecified atom stereocenters. The number of halogens is 1. The van der Waals surface area contributed by atoms with Crippen molar-refractivity contribution in [3.63, 3.8) is 0 Å². The predicted molar refractivity (Wildman–Crippen MR) is 128 cm³/mol. The zero-order chi connectivity index (χ0) is 24.1. The maximum Gasteiger partial charge on any atom is 0.335 e. The molecule has 0 fully saturated rings. The van der Waals surface area contributed by atoms with Gasteiger partial charge in [-0.1, -0.05) is 30.3 Å². The molecule has 0 aliphatic heterocycles. The number of rotatable bonds is 6. The third-order valence-electron chi connectivity index (χ3n) is 5.02. The molecular weight excluding hydrogens is 439 g/mol. The summed E-state index contributed by atoms with van der Waals surface area (Å²) in [5.41, 5.74) is -0.225. The molecule has 0 atom stereocenters. The van der Waals surface area contributed by atoms with Gasteiger partial charge in [0.05, 0.1) is 19.3 Å². The molecule has 0 saturated heterocycles. The van der Waals surface area contributed by atoms with Gasteiger partial charge >= 0.3 is 5.69 Å². The highest BCUT2D eigenvalue weighted by Gasteiger charge is 2.21. The predicted octanol–water partition coefficient (Wildman–Crippen LogP) is 3.44. The van der Waals surface area contributed by atoms with E-state index in [-0.39, 0.29) is 23.8 Å². The first-order valence-corrected chi connectivity index (χ1v) is 10.3. The second kappa shape index (κ2) is 9.86. The molecule has 8 nitrogen and oxygen atoms in total. The van der Waals surface area contributed by atoms with E-state index in [0.29, 0.717) is 22.7 Å². The first-order valence-electron chi connectivity index (χ1n) is 10.3. The van der Waals surface area contributed by atoms with E-state index < -0.39 is 17.1 Å². The molecule has 34 heavy (non-hydrogen) atoms. The van der Waals surface area contributed by atoms with Crippen LogP contribution in [-0.2, 0) is 6.54 Å². The van der Waals surface area contributed by atoms with Crippen molar-refractivity contribution in [2.45, 2.75) is 6.54 Å². The summed E-state index contributed by atoms with van der Waals surface area (Å²) in [5, 5.41) is 14.1. The molecule has 9 heteroatoms. The Labute approximate surface area is 193 Å². The maximum absolute atomic E-state index is 13.3. The smallest absolute Gasteiger partial charge is 0.335 e. The monoisotopic (exact) mass is 460 g/mol. The summed E-state index contributed by atoms with van der Waals surface area (Å²) in [5.74, 6) is -0.360. The molecule has 0 aliphatic carbocycles. The fourth-order valence-electron chi connectivity index (χ4n) is 3.31. The number of aliphatic imine (C=N–C) groups is 1. The van der Waals surface area contributed by atoms with Crippen LogP contribution in [0.3, 0.4) is 0 Å². The van der Waals surface area contributed by atoms with Gasteiger partial charge in [-0.2, -0.15) is 0 Å². The van der Waals surface area contributed by atoms with Crippen molar-refractivity contribution in [2.75, 3.05) is 12.4 Å². The van der Waals surface area contributed by atoms with Crippen molar-refractivity contribution >= 4 is 11.5 Å². The molecule has 1 heterocycles.